The van der Waals surface area contributed by atoms with Crippen LogP contribution in [0.5, 0.6) is 0 Å². The van der Waals surface area contributed by atoms with Crippen LogP contribution in [0, 0.1) is 11.7 Å². The molecule has 0 atom stereocenters. The number of nitrogens with one attached hydrogen (secondary N) is 1. The molecule has 10 heteroatoms. The molecule has 0 unspecified atom stereocenters. The third-order valence-electron chi connectivity index (χ3n) is 4.82. The molecule has 3 rings (SSSR count). The van der Waals surface area contributed by atoms with Gasteiger partial charge in [-0.25, -0.2) is 22.3 Å². The van der Waals surface area contributed by atoms with Crippen LogP contribution in [0.15, 0.2) is 18.2 Å². The monoisotopic (exact) mass is 544 g/mol. The van der Waals surface area contributed by atoms with E-state index in [1.54, 1.807) is 6.07 Å². The lowest BCUT2D eigenvalue weighted by Gasteiger charge is -2.24. The van der Waals surface area contributed by atoms with Crippen molar-refractivity contribution >= 4 is 22.1 Å². The second-order valence-electron chi connectivity index (χ2n) is 11.9. The molecule has 8 nitrogen and oxygen atoms in total. The molecule has 0 aromatic heterocycles. The molecule has 37 heavy (non-hydrogen) atoms. The first-order valence-corrected chi connectivity index (χ1v) is 14.2. The predicted molar refractivity (Wildman–Crippen MR) is 143 cm³/mol. The molecular weight excluding hydrogens is 499 g/mol. The maximum Gasteiger partial charge on any atom is 0.410 e. The van der Waals surface area contributed by atoms with Gasteiger partial charge in [0.05, 0.1) is 17.7 Å². The van der Waals surface area contributed by atoms with Crippen molar-refractivity contribution in [3.63, 3.8) is 0 Å². The molecular formula is C27H45FN2O6S. The molecule has 1 amide bonds. The van der Waals surface area contributed by atoms with Crippen molar-refractivity contribution in [2.45, 2.75) is 118 Å². The highest BCUT2D eigenvalue weighted by Gasteiger charge is 2.35. The summed E-state index contributed by atoms with van der Waals surface area (Å²) in [6.07, 6.45) is 1.28. The number of esters is 1. The highest BCUT2D eigenvalue weighted by Crippen LogP contribution is 2.28. The Labute approximate surface area is 222 Å². The summed E-state index contributed by atoms with van der Waals surface area (Å²) < 4.78 is 48.5. The van der Waals surface area contributed by atoms with E-state index < -0.39 is 21.7 Å². The van der Waals surface area contributed by atoms with Crippen molar-refractivity contribution < 1.29 is 31.9 Å². The molecule has 0 spiro atoms. The number of sulfonamides is 1. The van der Waals surface area contributed by atoms with Gasteiger partial charge < -0.3 is 9.47 Å². The van der Waals surface area contributed by atoms with Gasteiger partial charge in [-0.15, -0.1) is 0 Å². The van der Waals surface area contributed by atoms with Crippen molar-refractivity contribution in [2.75, 3.05) is 0 Å². The Balaban J connectivity index is 0.000000297. The van der Waals surface area contributed by atoms with E-state index in [-0.39, 0.29) is 41.1 Å². The van der Waals surface area contributed by atoms with Crippen LogP contribution in [0.1, 0.15) is 93.2 Å². The van der Waals surface area contributed by atoms with Crippen molar-refractivity contribution in [1.82, 2.24) is 9.62 Å². The number of amides is 1. The third kappa shape index (κ3) is 12.7. The topological polar surface area (TPSA) is 102 Å². The minimum absolute atomic E-state index is 0.0285. The Kier molecular flexibility index (Phi) is 11.6. The first kappa shape index (κ1) is 32.8. The molecule has 0 saturated heterocycles. The van der Waals surface area contributed by atoms with E-state index in [0.717, 1.165) is 18.4 Å². The number of rotatable bonds is 4. The molecule has 1 fully saturated rings. The van der Waals surface area contributed by atoms with Crippen LogP contribution in [0.4, 0.5) is 9.18 Å². The molecule has 1 aliphatic carbocycles. The lowest BCUT2D eigenvalue weighted by Crippen LogP contribution is -2.33. The molecule has 0 bridgehead atoms. The number of fused-ring (bicyclic) bond motifs is 1. The number of halogens is 1. The number of carbonyl (C=O) groups excluding carboxylic acids is 2. The van der Waals surface area contributed by atoms with E-state index in [0.29, 0.717) is 12.1 Å². The summed E-state index contributed by atoms with van der Waals surface area (Å²) >= 11 is 0. The zero-order valence-electron chi connectivity index (χ0n) is 24.0. The minimum atomic E-state index is -2.94. The molecule has 1 aromatic carbocycles. The molecule has 1 saturated carbocycles. The number of carbonyl (C=O) groups is 2. The van der Waals surface area contributed by atoms with E-state index in [9.17, 15) is 22.4 Å². The molecule has 0 radical (unpaired) electrons. The number of hydrogen-bond acceptors (Lipinski definition) is 6. The van der Waals surface area contributed by atoms with Gasteiger partial charge in [0.15, 0.2) is 0 Å². The van der Waals surface area contributed by atoms with E-state index in [4.69, 9.17) is 9.47 Å². The van der Waals surface area contributed by atoms with Crippen LogP contribution >= 0.6 is 0 Å². The fourth-order valence-corrected chi connectivity index (χ4v) is 4.67. The van der Waals surface area contributed by atoms with E-state index in [1.807, 2.05) is 75.3 Å². The maximum atomic E-state index is 13.5. The average Bonchev–Trinajstić information content (AvgIpc) is 3.46. The van der Waals surface area contributed by atoms with Gasteiger partial charge in [0.1, 0.15) is 17.0 Å². The van der Waals surface area contributed by atoms with Crippen molar-refractivity contribution in [1.29, 1.82) is 0 Å². The van der Waals surface area contributed by atoms with Gasteiger partial charge in [0.25, 0.3) is 0 Å². The zero-order chi connectivity index (χ0) is 28.8. The number of nitrogens with zero attached hydrogens (tertiary/aromatic N) is 1. The summed E-state index contributed by atoms with van der Waals surface area (Å²) in [5.41, 5.74) is 0.584. The van der Waals surface area contributed by atoms with Crippen molar-refractivity contribution in [3.8, 4) is 0 Å². The van der Waals surface area contributed by atoms with Crippen LogP contribution in [-0.2, 0) is 37.4 Å². The predicted octanol–water partition coefficient (Wildman–Crippen LogP) is 5.54. The molecule has 1 aliphatic heterocycles. The standard InChI is InChI=1S/C13H16FNO2.C8H16O2.C6H13NO2S/c1-13(2,3)17-12(16)15-7-9-5-4-6-11(14)10(9)8-15;1-6(2)7(9)10-8(3,4)5;1-5(2)7-10(8,9)6-3-4-6/h4-6H,7-8H2,1-3H3;6H,1-5H3;5-7H,3-4H2,1-2H3. The van der Waals surface area contributed by atoms with Gasteiger partial charge >= 0.3 is 12.1 Å². The Morgan fingerprint density at radius 3 is 1.89 bits per heavy atom. The smallest absolute Gasteiger partial charge is 0.410 e. The maximum absolute atomic E-state index is 13.5. The first-order chi connectivity index (χ1) is 16.7. The average molecular weight is 545 g/mol. The number of benzene rings is 1. The fraction of sp³-hybridized carbons (Fsp3) is 0.704. The van der Waals surface area contributed by atoms with Gasteiger partial charge in [-0.3, -0.25) is 9.69 Å². The van der Waals surface area contributed by atoms with Crippen LogP contribution in [0.2, 0.25) is 0 Å². The lowest BCUT2D eigenvalue weighted by molar-refractivity contribution is -0.158. The largest absolute Gasteiger partial charge is 0.460 e. The summed E-state index contributed by atoms with van der Waals surface area (Å²) in [6, 6.07) is 4.94. The van der Waals surface area contributed by atoms with Crippen LogP contribution in [0.25, 0.3) is 0 Å². The van der Waals surface area contributed by atoms with Gasteiger partial charge in [-0.05, 0) is 79.9 Å². The van der Waals surface area contributed by atoms with Gasteiger partial charge in [0, 0.05) is 18.2 Å². The van der Waals surface area contributed by atoms with E-state index in [2.05, 4.69) is 4.72 Å². The summed E-state index contributed by atoms with van der Waals surface area (Å²) in [5.74, 6) is -0.416. The van der Waals surface area contributed by atoms with Gasteiger partial charge in [0.2, 0.25) is 10.0 Å². The van der Waals surface area contributed by atoms with Crippen LogP contribution in [-0.4, -0.2) is 47.9 Å². The minimum Gasteiger partial charge on any atom is -0.460 e. The first-order valence-electron chi connectivity index (χ1n) is 12.7. The summed E-state index contributed by atoms with van der Waals surface area (Å²) in [6.45, 7) is 19.1. The second-order valence-corrected chi connectivity index (χ2v) is 13.9. The Bertz CT molecular complexity index is 1020. The molecule has 1 heterocycles. The van der Waals surface area contributed by atoms with E-state index in [1.165, 1.54) is 11.0 Å². The molecule has 212 valence electrons. The Hall–Kier alpha value is -2.20. The fourth-order valence-electron chi connectivity index (χ4n) is 3.06. The molecule has 2 aliphatic rings. The molecule has 1 N–H and O–H groups in total. The highest BCUT2D eigenvalue weighted by molar-refractivity contribution is 7.90. The normalized spacial score (nSPS) is 15.3. The summed E-state index contributed by atoms with van der Waals surface area (Å²) in [7, 11) is -2.94. The zero-order valence-corrected chi connectivity index (χ0v) is 24.8. The lowest BCUT2D eigenvalue weighted by atomic mass is 10.1. The van der Waals surface area contributed by atoms with Crippen molar-refractivity contribution in [3.05, 3.63) is 35.1 Å². The summed E-state index contributed by atoms with van der Waals surface area (Å²) in [4.78, 5) is 24.3. The van der Waals surface area contributed by atoms with Crippen LogP contribution < -0.4 is 4.72 Å². The second kappa shape index (κ2) is 13.0. The van der Waals surface area contributed by atoms with Gasteiger partial charge in [-0.2, -0.15) is 0 Å². The molecule has 1 aromatic rings. The van der Waals surface area contributed by atoms with Crippen LogP contribution in [0.3, 0.4) is 0 Å². The number of hydrogen-bond donors (Lipinski definition) is 1. The van der Waals surface area contributed by atoms with E-state index >= 15 is 0 Å². The highest BCUT2D eigenvalue weighted by atomic mass is 32.2. The Morgan fingerprint density at radius 2 is 1.51 bits per heavy atom. The van der Waals surface area contributed by atoms with Gasteiger partial charge in [-0.1, -0.05) is 26.0 Å². The SMILES string of the molecule is CC(C)(C)OC(=O)N1Cc2cccc(F)c2C1.CC(C)C(=O)OC(C)(C)C.CC(C)NS(=O)(=O)C1CC1. The summed E-state index contributed by atoms with van der Waals surface area (Å²) in [5, 5.41) is -0.0881. The Morgan fingerprint density at radius 1 is 0.973 bits per heavy atom. The third-order valence-corrected chi connectivity index (χ3v) is 6.97. The van der Waals surface area contributed by atoms with Crippen molar-refractivity contribution in [2.24, 2.45) is 5.92 Å². The number of ether oxygens (including phenoxy) is 2. The quantitative estimate of drug-likeness (QED) is 0.500.